The summed E-state index contributed by atoms with van der Waals surface area (Å²) in [4.78, 5) is 13.1. The first kappa shape index (κ1) is 18.5. The van der Waals surface area contributed by atoms with E-state index in [1.165, 1.54) is 11.9 Å². The Morgan fingerprint density at radius 2 is 1.97 bits per heavy atom. The van der Waals surface area contributed by atoms with E-state index in [4.69, 9.17) is 4.74 Å². The molecule has 0 bridgehead atoms. The second-order valence-corrected chi connectivity index (χ2v) is 7.95. The minimum atomic E-state index is -0.992. The molecule has 4 atom stereocenters. The monoisotopic (exact) mass is 395 g/mol. The molecule has 0 amide bonds. The molecular formula is C21H25N5O3. The van der Waals surface area contributed by atoms with Crippen LogP contribution < -0.4 is 10.1 Å². The molecule has 5 rings (SSSR count). The summed E-state index contributed by atoms with van der Waals surface area (Å²) in [5, 5.41) is 25.8. The Bertz CT molecular complexity index is 1070. The summed E-state index contributed by atoms with van der Waals surface area (Å²) in [6.07, 6.45) is 4.09. The van der Waals surface area contributed by atoms with Gasteiger partial charge >= 0.3 is 0 Å². The van der Waals surface area contributed by atoms with Gasteiger partial charge in [-0.25, -0.2) is 9.97 Å². The number of aliphatic hydroxyl groups excluding tert-OH is 2. The molecule has 0 saturated heterocycles. The molecule has 4 heterocycles. The minimum absolute atomic E-state index is 0.325. The highest BCUT2D eigenvalue weighted by Gasteiger charge is 2.44. The number of aliphatic hydroxyl groups is 2. The molecule has 2 unspecified atom stereocenters. The maximum Gasteiger partial charge on any atom is 0.143 e. The van der Waals surface area contributed by atoms with Crippen molar-refractivity contribution in [1.82, 2.24) is 24.8 Å². The third-order valence-electron chi connectivity index (χ3n) is 6.27. The van der Waals surface area contributed by atoms with Gasteiger partial charge in [0, 0.05) is 35.8 Å². The Labute approximate surface area is 168 Å². The van der Waals surface area contributed by atoms with Crippen molar-refractivity contribution in [2.24, 2.45) is 0 Å². The zero-order chi connectivity index (χ0) is 20.1. The first-order valence-electron chi connectivity index (χ1n) is 10.0. The lowest BCUT2D eigenvalue weighted by molar-refractivity contribution is -0.0167. The highest BCUT2D eigenvalue weighted by molar-refractivity contribution is 5.78. The van der Waals surface area contributed by atoms with Gasteiger partial charge in [-0.3, -0.25) is 4.98 Å². The van der Waals surface area contributed by atoms with E-state index in [0.29, 0.717) is 12.2 Å². The van der Waals surface area contributed by atoms with Crippen LogP contribution in [0.2, 0.25) is 0 Å². The third-order valence-corrected chi connectivity index (χ3v) is 6.27. The number of hydrogen-bond donors (Lipinski definition) is 3. The topological polar surface area (TPSA) is 105 Å². The summed E-state index contributed by atoms with van der Waals surface area (Å²) >= 11 is 0. The first-order valence-corrected chi connectivity index (χ1v) is 10.0. The van der Waals surface area contributed by atoms with Crippen molar-refractivity contribution in [2.45, 2.75) is 57.6 Å². The zero-order valence-corrected chi connectivity index (χ0v) is 16.5. The van der Waals surface area contributed by atoms with Crippen molar-refractivity contribution < 1.29 is 14.9 Å². The van der Waals surface area contributed by atoms with Crippen molar-refractivity contribution in [2.75, 3.05) is 6.54 Å². The van der Waals surface area contributed by atoms with E-state index in [0.717, 1.165) is 47.5 Å². The van der Waals surface area contributed by atoms with Crippen LogP contribution in [0.25, 0.3) is 11.0 Å². The van der Waals surface area contributed by atoms with Gasteiger partial charge < -0.3 is 24.8 Å². The van der Waals surface area contributed by atoms with E-state index in [2.05, 4.69) is 20.3 Å². The molecule has 1 aliphatic heterocycles. The van der Waals surface area contributed by atoms with Crippen LogP contribution in [0.1, 0.15) is 35.0 Å². The van der Waals surface area contributed by atoms with Crippen LogP contribution in [0.4, 0.5) is 0 Å². The minimum Gasteiger partial charge on any atom is -0.486 e. The van der Waals surface area contributed by atoms with Gasteiger partial charge in [-0.1, -0.05) is 0 Å². The van der Waals surface area contributed by atoms with Gasteiger partial charge in [0.15, 0.2) is 0 Å². The fourth-order valence-electron chi connectivity index (χ4n) is 4.62. The van der Waals surface area contributed by atoms with Crippen LogP contribution in [-0.4, -0.2) is 54.6 Å². The molecule has 0 aromatic carbocycles. The number of hydrogen-bond acceptors (Lipinski definition) is 7. The summed E-state index contributed by atoms with van der Waals surface area (Å²) in [6.45, 7) is 5.59. The summed E-state index contributed by atoms with van der Waals surface area (Å²) in [6, 6.07) is 1.62. The average Bonchev–Trinajstić information content (AvgIpc) is 3.28. The van der Waals surface area contributed by atoms with Crippen molar-refractivity contribution in [3.63, 3.8) is 0 Å². The molecule has 3 aromatic heterocycles. The van der Waals surface area contributed by atoms with Gasteiger partial charge in [0.25, 0.3) is 0 Å². The Morgan fingerprint density at radius 1 is 1.10 bits per heavy atom. The average molecular weight is 395 g/mol. The van der Waals surface area contributed by atoms with Crippen molar-refractivity contribution in [1.29, 1.82) is 0 Å². The summed E-state index contributed by atoms with van der Waals surface area (Å²) in [5.74, 6) is 0.685. The van der Waals surface area contributed by atoms with E-state index in [9.17, 15) is 10.2 Å². The number of ether oxygens (including phenoxy) is 1. The maximum absolute atomic E-state index is 10.8. The Balaban J connectivity index is 1.44. The van der Waals surface area contributed by atoms with Crippen molar-refractivity contribution >= 4 is 11.0 Å². The molecule has 3 aromatic rings. The molecule has 1 aliphatic carbocycles. The molecule has 2 aliphatic rings. The maximum atomic E-state index is 10.8. The fraction of sp³-hybridized carbons (Fsp3) is 0.476. The Morgan fingerprint density at radius 3 is 2.83 bits per heavy atom. The van der Waals surface area contributed by atoms with Crippen molar-refractivity contribution in [3.05, 3.63) is 47.3 Å². The highest BCUT2D eigenvalue weighted by atomic mass is 16.5. The zero-order valence-electron chi connectivity index (χ0n) is 16.5. The molecule has 152 valence electrons. The second-order valence-electron chi connectivity index (χ2n) is 7.95. The number of aromatic nitrogens is 4. The molecule has 1 saturated carbocycles. The second kappa shape index (κ2) is 7.05. The molecule has 3 N–H and O–H groups in total. The van der Waals surface area contributed by atoms with Crippen LogP contribution >= 0.6 is 0 Å². The van der Waals surface area contributed by atoms with E-state index < -0.39 is 18.3 Å². The van der Waals surface area contributed by atoms with Gasteiger partial charge in [-0.15, -0.1) is 0 Å². The number of fused-ring (bicyclic) bond motifs is 2. The molecule has 0 spiro atoms. The summed E-state index contributed by atoms with van der Waals surface area (Å²) in [7, 11) is 0. The summed E-state index contributed by atoms with van der Waals surface area (Å²) < 4.78 is 8.14. The van der Waals surface area contributed by atoms with E-state index in [-0.39, 0.29) is 6.04 Å². The van der Waals surface area contributed by atoms with Crippen LogP contribution in [-0.2, 0) is 13.0 Å². The quantitative estimate of drug-likeness (QED) is 0.612. The van der Waals surface area contributed by atoms with Crippen LogP contribution in [0.3, 0.4) is 0 Å². The van der Waals surface area contributed by atoms with E-state index in [1.54, 1.807) is 6.20 Å². The van der Waals surface area contributed by atoms with Gasteiger partial charge in [-0.2, -0.15) is 0 Å². The number of aryl methyl sites for hydroxylation is 2. The van der Waals surface area contributed by atoms with Gasteiger partial charge in [0.2, 0.25) is 0 Å². The highest BCUT2D eigenvalue weighted by Crippen LogP contribution is 2.37. The molecule has 29 heavy (non-hydrogen) atoms. The van der Waals surface area contributed by atoms with Crippen LogP contribution in [0.15, 0.2) is 24.8 Å². The smallest absolute Gasteiger partial charge is 0.143 e. The van der Waals surface area contributed by atoms with Crippen molar-refractivity contribution in [3.8, 4) is 5.75 Å². The number of rotatable bonds is 3. The Hall–Kier alpha value is -2.55. The lowest BCUT2D eigenvalue weighted by Gasteiger charge is -2.25. The molecule has 1 fully saturated rings. The molecule has 0 radical (unpaired) electrons. The lowest BCUT2D eigenvalue weighted by Crippen LogP contribution is -2.35. The van der Waals surface area contributed by atoms with Gasteiger partial charge in [0.05, 0.1) is 17.9 Å². The standard InChI is InChI=1S/C21H25N5O3/c1-11-13-3-5-22-8-15(13)18(9-23-11)29-17-7-16(19(27)20(17)28)26-6-4-14-12(2)24-10-25-21(14)26/h4,6,9-10,16-17,19-20,22,27-28H,3,5,7-8H2,1-2H3/t16?,17?,19-,20+/m0/s1. The fourth-order valence-corrected chi connectivity index (χ4v) is 4.62. The Kier molecular flexibility index (Phi) is 4.49. The third kappa shape index (κ3) is 2.99. The molecule has 8 nitrogen and oxygen atoms in total. The van der Waals surface area contributed by atoms with Gasteiger partial charge in [0.1, 0.15) is 36.0 Å². The van der Waals surface area contributed by atoms with Crippen LogP contribution in [0.5, 0.6) is 5.75 Å². The number of nitrogens with zero attached hydrogens (tertiary/aromatic N) is 4. The van der Waals surface area contributed by atoms with E-state index >= 15 is 0 Å². The van der Waals surface area contributed by atoms with Gasteiger partial charge in [-0.05, 0) is 38.4 Å². The molecule has 8 heteroatoms. The van der Waals surface area contributed by atoms with Crippen LogP contribution in [0, 0.1) is 13.8 Å². The SMILES string of the molecule is Cc1ncc(OC2CC(n3ccc4c(C)ncnc43)[C@H](O)[C@@H]2O)c2c1CCNC2. The number of nitrogens with one attached hydrogen (secondary N) is 1. The normalized spacial score (nSPS) is 26.6. The van der Waals surface area contributed by atoms with E-state index in [1.807, 2.05) is 30.7 Å². The summed E-state index contributed by atoms with van der Waals surface area (Å²) in [5.41, 5.74) is 4.98. The lowest BCUT2D eigenvalue weighted by atomic mass is 9.99. The number of pyridine rings is 1. The predicted molar refractivity (Wildman–Crippen MR) is 107 cm³/mol. The largest absolute Gasteiger partial charge is 0.486 e. The first-order chi connectivity index (χ1) is 14.0. The molecular weight excluding hydrogens is 370 g/mol. The predicted octanol–water partition coefficient (Wildman–Crippen LogP) is 1.20.